The number of benzene rings is 3. The molecule has 0 saturated carbocycles. The van der Waals surface area contributed by atoms with E-state index >= 15 is 0 Å². The highest BCUT2D eigenvalue weighted by molar-refractivity contribution is 6.43. The van der Waals surface area contributed by atoms with Crippen molar-refractivity contribution in [1.29, 1.82) is 0 Å². The third kappa shape index (κ3) is 2.40. The van der Waals surface area contributed by atoms with Crippen LogP contribution in [0.4, 0.5) is 11.4 Å². The van der Waals surface area contributed by atoms with Crippen molar-refractivity contribution < 1.29 is 5.11 Å². The molecular formula is C16H11Cl2NO. The smallest absolute Gasteiger partial charge is 0.139 e. The summed E-state index contributed by atoms with van der Waals surface area (Å²) in [6.07, 6.45) is 0. The molecule has 0 amide bonds. The largest absolute Gasteiger partial charge is 0.506 e. The summed E-state index contributed by atoms with van der Waals surface area (Å²) in [5.74, 6) is 0.166. The second-order valence-corrected chi connectivity index (χ2v) is 5.23. The van der Waals surface area contributed by atoms with E-state index < -0.39 is 0 Å². The zero-order chi connectivity index (χ0) is 14.1. The fraction of sp³-hybridized carbons (Fsp3) is 0. The van der Waals surface area contributed by atoms with Crippen LogP contribution >= 0.6 is 23.2 Å². The number of fused-ring (bicyclic) bond motifs is 1. The molecule has 0 unspecified atom stereocenters. The van der Waals surface area contributed by atoms with Gasteiger partial charge in [0.05, 0.1) is 21.4 Å². The highest BCUT2D eigenvalue weighted by atomic mass is 35.5. The van der Waals surface area contributed by atoms with Crippen LogP contribution in [0.25, 0.3) is 10.8 Å². The van der Waals surface area contributed by atoms with Crippen molar-refractivity contribution >= 4 is 45.3 Å². The van der Waals surface area contributed by atoms with Crippen LogP contribution in [0.1, 0.15) is 0 Å². The van der Waals surface area contributed by atoms with Gasteiger partial charge in [-0.1, -0.05) is 53.5 Å². The predicted octanol–water partition coefficient (Wildman–Crippen LogP) is 5.60. The summed E-state index contributed by atoms with van der Waals surface area (Å²) < 4.78 is 0. The molecule has 0 bridgehead atoms. The Hall–Kier alpha value is -1.90. The van der Waals surface area contributed by atoms with E-state index in [9.17, 15) is 5.11 Å². The van der Waals surface area contributed by atoms with Crippen LogP contribution < -0.4 is 5.32 Å². The first-order chi connectivity index (χ1) is 9.65. The molecule has 4 heteroatoms. The fourth-order valence-electron chi connectivity index (χ4n) is 2.07. The molecule has 0 aromatic heterocycles. The Morgan fingerprint density at radius 3 is 2.25 bits per heavy atom. The van der Waals surface area contributed by atoms with Gasteiger partial charge in [0.25, 0.3) is 0 Å². The predicted molar refractivity (Wildman–Crippen MR) is 85.4 cm³/mol. The van der Waals surface area contributed by atoms with Crippen molar-refractivity contribution in [1.82, 2.24) is 0 Å². The average Bonchev–Trinajstić information content (AvgIpc) is 2.44. The average molecular weight is 304 g/mol. The lowest BCUT2D eigenvalue weighted by Crippen LogP contribution is -1.92. The Labute approximate surface area is 126 Å². The summed E-state index contributed by atoms with van der Waals surface area (Å²) in [5.41, 5.74) is 1.25. The second kappa shape index (κ2) is 5.23. The molecule has 3 aromatic rings. The summed E-state index contributed by atoms with van der Waals surface area (Å²) in [6, 6.07) is 16.7. The van der Waals surface area contributed by atoms with E-state index in [1.165, 1.54) is 0 Å². The van der Waals surface area contributed by atoms with Crippen LogP contribution in [0.3, 0.4) is 0 Å². The van der Waals surface area contributed by atoms with E-state index in [0.29, 0.717) is 21.4 Å². The summed E-state index contributed by atoms with van der Waals surface area (Å²) in [4.78, 5) is 0. The quantitative estimate of drug-likeness (QED) is 0.604. The third-order valence-electron chi connectivity index (χ3n) is 3.08. The number of rotatable bonds is 2. The molecule has 0 aliphatic carbocycles. The number of anilines is 2. The molecular weight excluding hydrogens is 293 g/mol. The van der Waals surface area contributed by atoms with Gasteiger partial charge in [0.1, 0.15) is 5.75 Å². The van der Waals surface area contributed by atoms with Crippen LogP contribution in [-0.4, -0.2) is 5.11 Å². The van der Waals surface area contributed by atoms with E-state index in [1.54, 1.807) is 18.2 Å². The van der Waals surface area contributed by atoms with Crippen LogP contribution in [0.15, 0.2) is 54.6 Å². The Bertz CT molecular complexity index is 787. The lowest BCUT2D eigenvalue weighted by molar-refractivity contribution is 0.478. The molecule has 0 radical (unpaired) electrons. The summed E-state index contributed by atoms with van der Waals surface area (Å²) in [7, 11) is 0. The van der Waals surface area contributed by atoms with Crippen LogP contribution in [0, 0.1) is 0 Å². The first kappa shape index (κ1) is 13.1. The zero-order valence-corrected chi connectivity index (χ0v) is 11.9. The lowest BCUT2D eigenvalue weighted by atomic mass is 10.1. The molecule has 0 aliphatic rings. The van der Waals surface area contributed by atoms with Crippen molar-refractivity contribution in [3.8, 4) is 5.75 Å². The molecule has 0 heterocycles. The van der Waals surface area contributed by atoms with Gasteiger partial charge in [-0.05, 0) is 35.0 Å². The Kier molecular flexibility index (Phi) is 3.43. The van der Waals surface area contributed by atoms with Crippen molar-refractivity contribution in [2.45, 2.75) is 0 Å². The fourth-order valence-corrected chi connectivity index (χ4v) is 2.42. The standard InChI is InChI=1S/C16H11Cl2NO/c17-12-6-3-7-13(16(12)18)19-14-8-10-4-1-2-5-11(10)9-15(14)20/h1-9,19-20H. The molecule has 0 spiro atoms. The van der Waals surface area contributed by atoms with E-state index in [4.69, 9.17) is 23.2 Å². The van der Waals surface area contributed by atoms with Gasteiger partial charge in [0, 0.05) is 0 Å². The molecule has 3 rings (SSSR count). The maximum absolute atomic E-state index is 10.1. The molecule has 20 heavy (non-hydrogen) atoms. The number of aromatic hydroxyl groups is 1. The van der Waals surface area contributed by atoms with Gasteiger partial charge < -0.3 is 10.4 Å². The number of nitrogens with one attached hydrogen (secondary N) is 1. The second-order valence-electron chi connectivity index (χ2n) is 4.44. The van der Waals surface area contributed by atoms with Gasteiger partial charge in [0.15, 0.2) is 0 Å². The monoisotopic (exact) mass is 303 g/mol. The van der Waals surface area contributed by atoms with Gasteiger partial charge in [-0.15, -0.1) is 0 Å². The highest BCUT2D eigenvalue weighted by Gasteiger charge is 2.08. The molecule has 0 fully saturated rings. The van der Waals surface area contributed by atoms with Crippen LogP contribution in [0.5, 0.6) is 5.75 Å². The third-order valence-corrected chi connectivity index (χ3v) is 3.90. The van der Waals surface area contributed by atoms with Crippen molar-refractivity contribution in [3.63, 3.8) is 0 Å². The zero-order valence-electron chi connectivity index (χ0n) is 10.4. The number of phenols is 1. The van der Waals surface area contributed by atoms with Crippen LogP contribution in [0.2, 0.25) is 10.0 Å². The van der Waals surface area contributed by atoms with E-state index in [1.807, 2.05) is 36.4 Å². The van der Waals surface area contributed by atoms with Gasteiger partial charge in [0.2, 0.25) is 0 Å². The number of halogens is 2. The van der Waals surface area contributed by atoms with E-state index in [-0.39, 0.29) is 5.75 Å². The highest BCUT2D eigenvalue weighted by Crippen LogP contribution is 2.36. The molecule has 0 saturated heterocycles. The minimum Gasteiger partial charge on any atom is -0.506 e. The van der Waals surface area contributed by atoms with E-state index in [0.717, 1.165) is 10.8 Å². The maximum atomic E-state index is 10.1. The topological polar surface area (TPSA) is 32.3 Å². The first-order valence-corrected chi connectivity index (χ1v) is 6.83. The minimum absolute atomic E-state index is 0.166. The Morgan fingerprint density at radius 1 is 0.800 bits per heavy atom. The molecule has 2 N–H and O–H groups in total. The molecule has 0 aliphatic heterocycles. The maximum Gasteiger partial charge on any atom is 0.139 e. The summed E-state index contributed by atoms with van der Waals surface area (Å²) in [5, 5.41) is 16.1. The minimum atomic E-state index is 0.166. The van der Waals surface area contributed by atoms with Crippen molar-refractivity contribution in [2.24, 2.45) is 0 Å². The van der Waals surface area contributed by atoms with Crippen molar-refractivity contribution in [3.05, 3.63) is 64.6 Å². The summed E-state index contributed by atoms with van der Waals surface area (Å²) >= 11 is 12.1. The van der Waals surface area contributed by atoms with E-state index in [2.05, 4.69) is 5.32 Å². The number of hydrogen-bond donors (Lipinski definition) is 2. The van der Waals surface area contributed by atoms with Gasteiger partial charge in [-0.2, -0.15) is 0 Å². The molecule has 100 valence electrons. The van der Waals surface area contributed by atoms with Gasteiger partial charge >= 0.3 is 0 Å². The van der Waals surface area contributed by atoms with Gasteiger partial charge in [-0.3, -0.25) is 0 Å². The number of phenolic OH excluding ortho intramolecular Hbond substituents is 1. The first-order valence-electron chi connectivity index (χ1n) is 6.08. The Morgan fingerprint density at radius 2 is 1.50 bits per heavy atom. The SMILES string of the molecule is Oc1cc2ccccc2cc1Nc1cccc(Cl)c1Cl. The molecule has 0 atom stereocenters. The normalized spacial score (nSPS) is 10.7. The van der Waals surface area contributed by atoms with Gasteiger partial charge in [-0.25, -0.2) is 0 Å². The Balaban J connectivity index is 2.06. The van der Waals surface area contributed by atoms with Crippen molar-refractivity contribution in [2.75, 3.05) is 5.32 Å². The molecule has 2 nitrogen and oxygen atoms in total. The summed E-state index contributed by atoms with van der Waals surface area (Å²) in [6.45, 7) is 0. The van der Waals surface area contributed by atoms with Crippen LogP contribution in [-0.2, 0) is 0 Å². The lowest BCUT2D eigenvalue weighted by Gasteiger charge is -2.12. The molecule has 3 aromatic carbocycles. The number of hydrogen-bond acceptors (Lipinski definition) is 2.